The Balaban J connectivity index is 3.56. The molecule has 0 saturated carbocycles. The average Bonchev–Trinajstić information content (AvgIpc) is 2.05. The molecular formula is C9H21N3. The molecule has 72 valence electrons. The number of allylic oxidation sites excluding steroid dienone is 1. The van der Waals surface area contributed by atoms with Gasteiger partial charge < -0.3 is 16.0 Å². The van der Waals surface area contributed by atoms with Crippen molar-refractivity contribution in [3.05, 3.63) is 11.9 Å². The standard InChI is InChI=1S/C9H21N3/c1-4-6-9(10)12(3)8-7-11-5-2/h6,11H,4-5,7-8,10H2,1-3H3/b9-6+. The summed E-state index contributed by atoms with van der Waals surface area (Å²) in [7, 11) is 2.01. The van der Waals surface area contributed by atoms with Gasteiger partial charge in [0.25, 0.3) is 0 Å². The molecule has 0 heterocycles. The van der Waals surface area contributed by atoms with Gasteiger partial charge >= 0.3 is 0 Å². The van der Waals surface area contributed by atoms with Crippen LogP contribution in [0.2, 0.25) is 0 Å². The van der Waals surface area contributed by atoms with Crippen molar-refractivity contribution >= 4 is 0 Å². The summed E-state index contributed by atoms with van der Waals surface area (Å²) in [6, 6.07) is 0. The highest BCUT2D eigenvalue weighted by Crippen LogP contribution is 1.93. The van der Waals surface area contributed by atoms with Crippen LogP contribution in [0.5, 0.6) is 0 Å². The summed E-state index contributed by atoms with van der Waals surface area (Å²) >= 11 is 0. The maximum atomic E-state index is 5.77. The highest BCUT2D eigenvalue weighted by atomic mass is 15.2. The second-order valence-corrected chi connectivity index (χ2v) is 2.81. The van der Waals surface area contributed by atoms with Gasteiger partial charge in [-0.3, -0.25) is 0 Å². The number of hydrogen-bond acceptors (Lipinski definition) is 3. The summed E-state index contributed by atoms with van der Waals surface area (Å²) in [4.78, 5) is 2.06. The van der Waals surface area contributed by atoms with Gasteiger partial charge in [0.15, 0.2) is 0 Å². The molecule has 0 fully saturated rings. The van der Waals surface area contributed by atoms with Crippen molar-refractivity contribution in [3.63, 3.8) is 0 Å². The zero-order chi connectivity index (χ0) is 9.40. The van der Waals surface area contributed by atoms with E-state index in [0.717, 1.165) is 31.9 Å². The third-order valence-corrected chi connectivity index (χ3v) is 1.73. The number of nitrogens with one attached hydrogen (secondary N) is 1. The first kappa shape index (κ1) is 11.3. The van der Waals surface area contributed by atoms with E-state index in [2.05, 4.69) is 24.1 Å². The van der Waals surface area contributed by atoms with Gasteiger partial charge in [-0.05, 0) is 19.0 Å². The van der Waals surface area contributed by atoms with E-state index in [1.807, 2.05) is 13.1 Å². The van der Waals surface area contributed by atoms with Crippen LogP contribution in [-0.4, -0.2) is 31.6 Å². The average molecular weight is 171 g/mol. The molecule has 0 radical (unpaired) electrons. The molecular weight excluding hydrogens is 150 g/mol. The zero-order valence-corrected chi connectivity index (χ0v) is 8.43. The van der Waals surface area contributed by atoms with Crippen molar-refractivity contribution in [1.82, 2.24) is 10.2 Å². The first-order valence-electron chi connectivity index (χ1n) is 4.59. The molecule has 0 aliphatic rings. The van der Waals surface area contributed by atoms with E-state index in [1.54, 1.807) is 0 Å². The fraction of sp³-hybridized carbons (Fsp3) is 0.778. The minimum absolute atomic E-state index is 0.871. The summed E-state index contributed by atoms with van der Waals surface area (Å²) in [6.07, 6.45) is 3.03. The lowest BCUT2D eigenvalue weighted by molar-refractivity contribution is 0.404. The Morgan fingerprint density at radius 2 is 2.17 bits per heavy atom. The van der Waals surface area contributed by atoms with Crippen molar-refractivity contribution in [2.45, 2.75) is 20.3 Å². The van der Waals surface area contributed by atoms with E-state index in [9.17, 15) is 0 Å². The largest absolute Gasteiger partial charge is 0.386 e. The van der Waals surface area contributed by atoms with Crippen LogP contribution >= 0.6 is 0 Å². The summed E-state index contributed by atoms with van der Waals surface area (Å²) in [5, 5.41) is 3.25. The van der Waals surface area contributed by atoms with Gasteiger partial charge in [0, 0.05) is 20.1 Å². The van der Waals surface area contributed by atoms with Crippen LogP contribution in [0.25, 0.3) is 0 Å². The molecule has 0 aliphatic heterocycles. The molecule has 0 aromatic carbocycles. The normalized spacial score (nSPS) is 11.8. The van der Waals surface area contributed by atoms with Crippen molar-refractivity contribution < 1.29 is 0 Å². The van der Waals surface area contributed by atoms with Crippen molar-refractivity contribution in [2.24, 2.45) is 5.73 Å². The molecule has 3 N–H and O–H groups in total. The lowest BCUT2D eigenvalue weighted by Gasteiger charge is -2.19. The molecule has 0 aliphatic carbocycles. The SMILES string of the molecule is CC/C=C(\N)N(C)CCNCC. The Bertz CT molecular complexity index is 132. The molecule has 0 spiro atoms. The monoisotopic (exact) mass is 171 g/mol. The lowest BCUT2D eigenvalue weighted by atomic mass is 10.4. The summed E-state index contributed by atoms with van der Waals surface area (Å²) < 4.78 is 0. The summed E-state index contributed by atoms with van der Waals surface area (Å²) in [5.74, 6) is 0.871. The number of nitrogens with two attached hydrogens (primary N) is 1. The fourth-order valence-electron chi connectivity index (χ4n) is 0.918. The van der Waals surface area contributed by atoms with Crippen molar-refractivity contribution in [3.8, 4) is 0 Å². The van der Waals surface area contributed by atoms with Crippen LogP contribution in [0.1, 0.15) is 20.3 Å². The van der Waals surface area contributed by atoms with Crippen LogP contribution in [0.3, 0.4) is 0 Å². The maximum Gasteiger partial charge on any atom is 0.0942 e. The number of likely N-dealkylation sites (N-methyl/N-ethyl adjacent to an activating group) is 2. The Morgan fingerprint density at radius 3 is 2.67 bits per heavy atom. The molecule has 3 nitrogen and oxygen atoms in total. The predicted octanol–water partition coefficient (Wildman–Crippen LogP) is 0.738. The van der Waals surface area contributed by atoms with E-state index in [1.165, 1.54) is 0 Å². The quantitative estimate of drug-likeness (QED) is 0.579. The van der Waals surface area contributed by atoms with Gasteiger partial charge in [0.2, 0.25) is 0 Å². The Labute approximate surface area is 75.6 Å². The molecule has 0 unspecified atom stereocenters. The van der Waals surface area contributed by atoms with Crippen LogP contribution in [0.15, 0.2) is 11.9 Å². The second kappa shape index (κ2) is 6.98. The molecule has 0 atom stereocenters. The van der Waals surface area contributed by atoms with Gasteiger partial charge in [0.1, 0.15) is 0 Å². The minimum Gasteiger partial charge on any atom is -0.386 e. The first-order valence-corrected chi connectivity index (χ1v) is 4.59. The van der Waals surface area contributed by atoms with Crippen LogP contribution < -0.4 is 11.1 Å². The first-order chi connectivity index (χ1) is 5.72. The summed E-state index contributed by atoms with van der Waals surface area (Å²) in [5.41, 5.74) is 5.77. The van der Waals surface area contributed by atoms with E-state index in [4.69, 9.17) is 5.73 Å². The van der Waals surface area contributed by atoms with E-state index < -0.39 is 0 Å². The molecule has 0 bridgehead atoms. The fourth-order valence-corrected chi connectivity index (χ4v) is 0.918. The Kier molecular flexibility index (Phi) is 6.57. The smallest absolute Gasteiger partial charge is 0.0942 e. The molecule has 12 heavy (non-hydrogen) atoms. The van der Waals surface area contributed by atoms with E-state index >= 15 is 0 Å². The maximum absolute atomic E-state index is 5.77. The molecule has 0 amide bonds. The Hall–Kier alpha value is -0.700. The third kappa shape index (κ3) is 5.02. The third-order valence-electron chi connectivity index (χ3n) is 1.73. The second-order valence-electron chi connectivity index (χ2n) is 2.81. The molecule has 3 heteroatoms. The Morgan fingerprint density at radius 1 is 1.50 bits per heavy atom. The number of hydrogen-bond donors (Lipinski definition) is 2. The number of nitrogens with zero attached hydrogens (tertiary/aromatic N) is 1. The van der Waals surface area contributed by atoms with E-state index in [0.29, 0.717) is 0 Å². The van der Waals surface area contributed by atoms with Gasteiger partial charge in [-0.2, -0.15) is 0 Å². The van der Waals surface area contributed by atoms with Crippen molar-refractivity contribution in [1.29, 1.82) is 0 Å². The minimum atomic E-state index is 0.871. The van der Waals surface area contributed by atoms with Crippen LogP contribution in [0.4, 0.5) is 0 Å². The van der Waals surface area contributed by atoms with Crippen LogP contribution in [0, 0.1) is 0 Å². The van der Waals surface area contributed by atoms with Gasteiger partial charge in [-0.1, -0.05) is 13.8 Å². The lowest BCUT2D eigenvalue weighted by Crippen LogP contribution is -2.31. The van der Waals surface area contributed by atoms with Gasteiger partial charge in [-0.15, -0.1) is 0 Å². The highest BCUT2D eigenvalue weighted by molar-refractivity contribution is 4.93. The van der Waals surface area contributed by atoms with Gasteiger partial charge in [0.05, 0.1) is 5.82 Å². The molecule has 0 saturated heterocycles. The summed E-state index contributed by atoms with van der Waals surface area (Å²) in [6.45, 7) is 7.17. The van der Waals surface area contributed by atoms with E-state index in [-0.39, 0.29) is 0 Å². The highest BCUT2D eigenvalue weighted by Gasteiger charge is 1.96. The van der Waals surface area contributed by atoms with Crippen molar-refractivity contribution in [2.75, 3.05) is 26.7 Å². The number of rotatable bonds is 6. The molecule has 0 aromatic rings. The van der Waals surface area contributed by atoms with Crippen LogP contribution in [-0.2, 0) is 0 Å². The zero-order valence-electron chi connectivity index (χ0n) is 8.43. The molecule has 0 rings (SSSR count). The topological polar surface area (TPSA) is 41.3 Å². The predicted molar refractivity (Wildman–Crippen MR) is 53.7 cm³/mol. The molecule has 0 aromatic heterocycles. The van der Waals surface area contributed by atoms with Gasteiger partial charge in [-0.25, -0.2) is 0 Å².